The molecule has 0 aromatic heterocycles. The normalized spacial score (nSPS) is 17.4. The molecular formula is C21H19N3O9. The molecule has 0 aliphatic carbocycles. The van der Waals surface area contributed by atoms with Crippen molar-refractivity contribution in [2.75, 3.05) is 26.4 Å². The van der Waals surface area contributed by atoms with Gasteiger partial charge in [-0.2, -0.15) is 0 Å². The number of amides is 1. The van der Waals surface area contributed by atoms with E-state index in [1.54, 1.807) is 0 Å². The smallest absolute Gasteiger partial charge is 0.295 e. The molecule has 0 spiro atoms. The van der Waals surface area contributed by atoms with Gasteiger partial charge in [-0.1, -0.05) is 12.1 Å². The maximum absolute atomic E-state index is 12.9. The largest absolute Gasteiger partial charge is 0.507 e. The molecule has 2 aromatic carbocycles. The zero-order valence-corrected chi connectivity index (χ0v) is 17.1. The van der Waals surface area contributed by atoms with Gasteiger partial charge < -0.3 is 19.8 Å². The highest BCUT2D eigenvalue weighted by atomic mass is 16.6. The standard InChI is InChI=1S/C21H19N3O9/c25-9-11-33-10-8-22-18(14-2-1-3-16(12-14)24(31)32)17(20(27)21(22)28)19(26)13-4-6-15(7-5-13)23(29)30/h1-7,12,18,25-26H,8-11H2/t18-/m1/s1. The van der Waals surface area contributed by atoms with E-state index in [4.69, 9.17) is 9.84 Å². The molecule has 0 unspecified atom stereocenters. The van der Waals surface area contributed by atoms with Crippen molar-refractivity contribution in [2.24, 2.45) is 0 Å². The third-order valence-electron chi connectivity index (χ3n) is 5.00. The van der Waals surface area contributed by atoms with Gasteiger partial charge >= 0.3 is 0 Å². The minimum Gasteiger partial charge on any atom is -0.507 e. The molecule has 3 rings (SSSR count). The van der Waals surface area contributed by atoms with E-state index in [9.17, 15) is 34.9 Å². The first-order valence-corrected chi connectivity index (χ1v) is 9.72. The number of hydrogen-bond donors (Lipinski definition) is 2. The first-order chi connectivity index (χ1) is 15.8. The Hall–Kier alpha value is -4.16. The summed E-state index contributed by atoms with van der Waals surface area (Å²) in [5.74, 6) is -2.52. The lowest BCUT2D eigenvalue weighted by Gasteiger charge is -2.25. The van der Waals surface area contributed by atoms with Gasteiger partial charge in [-0.3, -0.25) is 29.8 Å². The van der Waals surface area contributed by atoms with Crippen LogP contribution >= 0.6 is 0 Å². The predicted octanol–water partition coefficient (Wildman–Crippen LogP) is 1.93. The highest BCUT2D eigenvalue weighted by Gasteiger charge is 2.46. The second-order valence-corrected chi connectivity index (χ2v) is 6.98. The number of rotatable bonds is 9. The minimum absolute atomic E-state index is 0.00813. The Labute approximate surface area is 186 Å². The molecule has 0 bridgehead atoms. The van der Waals surface area contributed by atoms with E-state index >= 15 is 0 Å². The maximum atomic E-state index is 12.9. The van der Waals surface area contributed by atoms with Crippen LogP contribution in [0, 0.1) is 20.2 Å². The number of non-ortho nitro benzene ring substituents is 2. The van der Waals surface area contributed by atoms with Crippen LogP contribution in [0.4, 0.5) is 11.4 Å². The Morgan fingerprint density at radius 1 is 1.00 bits per heavy atom. The lowest BCUT2D eigenvalue weighted by Crippen LogP contribution is -2.33. The fourth-order valence-electron chi connectivity index (χ4n) is 3.49. The number of benzene rings is 2. The van der Waals surface area contributed by atoms with E-state index in [1.807, 2.05) is 0 Å². The monoisotopic (exact) mass is 457 g/mol. The van der Waals surface area contributed by atoms with Crippen LogP contribution in [0.3, 0.4) is 0 Å². The van der Waals surface area contributed by atoms with Crippen LogP contribution in [-0.2, 0) is 14.3 Å². The number of carbonyl (C=O) groups excluding carboxylic acids is 2. The zero-order valence-electron chi connectivity index (χ0n) is 17.1. The quantitative estimate of drug-likeness (QED) is 0.142. The molecule has 1 fully saturated rings. The number of carbonyl (C=O) groups is 2. The number of aliphatic hydroxyl groups is 2. The van der Waals surface area contributed by atoms with E-state index in [-0.39, 0.29) is 54.4 Å². The molecule has 2 N–H and O–H groups in total. The number of aliphatic hydroxyl groups excluding tert-OH is 2. The van der Waals surface area contributed by atoms with Gasteiger partial charge in [0, 0.05) is 36.4 Å². The van der Waals surface area contributed by atoms with E-state index in [0.717, 1.165) is 17.0 Å². The second kappa shape index (κ2) is 9.97. The topological polar surface area (TPSA) is 173 Å². The fraction of sp³-hybridized carbons (Fsp3) is 0.238. The molecule has 12 nitrogen and oxygen atoms in total. The van der Waals surface area contributed by atoms with Gasteiger partial charge in [-0.25, -0.2) is 0 Å². The van der Waals surface area contributed by atoms with Gasteiger partial charge in [0.2, 0.25) is 0 Å². The summed E-state index contributed by atoms with van der Waals surface area (Å²) in [5, 5.41) is 41.9. The molecule has 1 aliphatic heterocycles. The summed E-state index contributed by atoms with van der Waals surface area (Å²) in [6.45, 7) is -0.354. The number of nitrogens with zero attached hydrogens (tertiary/aromatic N) is 3. The highest BCUT2D eigenvalue weighted by molar-refractivity contribution is 6.46. The Balaban J connectivity index is 2.11. The first-order valence-electron chi connectivity index (χ1n) is 9.72. The SMILES string of the molecule is O=C1C(=O)N(CCOCCO)[C@H](c2cccc([N+](=O)[O-])c2)C1=C(O)c1ccc([N+](=O)[O-])cc1. The van der Waals surface area contributed by atoms with Crippen molar-refractivity contribution in [3.05, 3.63) is 85.5 Å². The lowest BCUT2D eigenvalue weighted by molar-refractivity contribution is -0.385. The predicted molar refractivity (Wildman–Crippen MR) is 113 cm³/mol. The van der Waals surface area contributed by atoms with Gasteiger partial charge in [0.05, 0.1) is 41.3 Å². The highest BCUT2D eigenvalue weighted by Crippen LogP contribution is 2.40. The summed E-state index contributed by atoms with van der Waals surface area (Å²) < 4.78 is 5.18. The number of Topliss-reactive ketones (excluding diaryl/α,β-unsaturated/α-hetero) is 1. The van der Waals surface area contributed by atoms with E-state index in [2.05, 4.69) is 0 Å². The van der Waals surface area contributed by atoms with Crippen LogP contribution in [0.2, 0.25) is 0 Å². The summed E-state index contributed by atoms with van der Waals surface area (Å²) in [6.07, 6.45) is 0. The number of ketones is 1. The summed E-state index contributed by atoms with van der Waals surface area (Å²) in [4.78, 5) is 47.6. The number of likely N-dealkylation sites (tertiary alicyclic amines) is 1. The van der Waals surface area contributed by atoms with Crippen LogP contribution in [0.1, 0.15) is 17.2 Å². The first kappa shape index (κ1) is 23.5. The summed E-state index contributed by atoms with van der Waals surface area (Å²) in [5.41, 5.74) is -0.538. The molecule has 12 heteroatoms. The molecule has 1 amide bonds. The van der Waals surface area contributed by atoms with E-state index in [1.165, 1.54) is 36.4 Å². The molecule has 33 heavy (non-hydrogen) atoms. The molecule has 2 aromatic rings. The number of nitro groups is 2. The van der Waals surface area contributed by atoms with Crippen molar-refractivity contribution in [2.45, 2.75) is 6.04 Å². The van der Waals surface area contributed by atoms with Crippen molar-refractivity contribution < 1.29 is 34.4 Å². The average molecular weight is 457 g/mol. The summed E-state index contributed by atoms with van der Waals surface area (Å²) in [6, 6.07) is 8.89. The average Bonchev–Trinajstić information content (AvgIpc) is 3.06. The maximum Gasteiger partial charge on any atom is 0.295 e. The lowest BCUT2D eigenvalue weighted by atomic mass is 9.95. The van der Waals surface area contributed by atoms with Gasteiger partial charge in [-0.15, -0.1) is 0 Å². The van der Waals surface area contributed by atoms with Crippen LogP contribution < -0.4 is 0 Å². The molecular weight excluding hydrogens is 438 g/mol. The van der Waals surface area contributed by atoms with Gasteiger partial charge in [0.15, 0.2) is 0 Å². The molecule has 1 saturated heterocycles. The minimum atomic E-state index is -1.15. The zero-order chi connectivity index (χ0) is 24.1. The van der Waals surface area contributed by atoms with Crippen molar-refractivity contribution in [1.82, 2.24) is 4.90 Å². The van der Waals surface area contributed by atoms with Crippen LogP contribution in [0.5, 0.6) is 0 Å². The molecule has 0 radical (unpaired) electrons. The molecule has 1 atom stereocenters. The Bertz CT molecular complexity index is 1130. The Morgan fingerprint density at radius 2 is 1.67 bits per heavy atom. The second-order valence-electron chi connectivity index (χ2n) is 6.98. The molecule has 1 aliphatic rings. The molecule has 0 saturated carbocycles. The van der Waals surface area contributed by atoms with Crippen molar-refractivity contribution in [3.8, 4) is 0 Å². The number of ether oxygens (including phenoxy) is 1. The Morgan fingerprint density at radius 3 is 2.27 bits per heavy atom. The Kier molecular flexibility index (Phi) is 7.10. The number of hydrogen-bond acceptors (Lipinski definition) is 9. The third-order valence-corrected chi connectivity index (χ3v) is 5.00. The van der Waals surface area contributed by atoms with Gasteiger partial charge in [0.1, 0.15) is 5.76 Å². The van der Waals surface area contributed by atoms with Crippen molar-refractivity contribution in [1.29, 1.82) is 0 Å². The van der Waals surface area contributed by atoms with E-state index in [0.29, 0.717) is 0 Å². The number of nitro benzene ring substituents is 2. The van der Waals surface area contributed by atoms with Gasteiger partial charge in [-0.05, 0) is 17.7 Å². The summed E-state index contributed by atoms with van der Waals surface area (Å²) >= 11 is 0. The van der Waals surface area contributed by atoms with Crippen molar-refractivity contribution >= 4 is 28.8 Å². The van der Waals surface area contributed by atoms with E-state index < -0.39 is 33.3 Å². The molecule has 172 valence electrons. The van der Waals surface area contributed by atoms with Crippen LogP contribution in [0.15, 0.2) is 54.1 Å². The third kappa shape index (κ3) is 4.86. The summed E-state index contributed by atoms with van der Waals surface area (Å²) in [7, 11) is 0. The molecule has 1 heterocycles. The fourth-order valence-corrected chi connectivity index (χ4v) is 3.49. The van der Waals surface area contributed by atoms with Gasteiger partial charge in [0.25, 0.3) is 23.1 Å². The van der Waals surface area contributed by atoms with Crippen LogP contribution in [0.25, 0.3) is 5.76 Å². The van der Waals surface area contributed by atoms with Crippen LogP contribution in [-0.4, -0.2) is 63.0 Å². The van der Waals surface area contributed by atoms with Crippen molar-refractivity contribution in [3.63, 3.8) is 0 Å².